The van der Waals surface area contributed by atoms with E-state index >= 15 is 0 Å². The van der Waals surface area contributed by atoms with Crippen molar-refractivity contribution in [1.82, 2.24) is 14.9 Å². The molecule has 1 aromatic heterocycles. The topological polar surface area (TPSA) is 139 Å². The van der Waals surface area contributed by atoms with Crippen LogP contribution in [0, 0.1) is 0 Å². The van der Waals surface area contributed by atoms with E-state index in [1.54, 1.807) is 16.7 Å². The van der Waals surface area contributed by atoms with Gasteiger partial charge >= 0.3 is 0 Å². The third-order valence-electron chi connectivity index (χ3n) is 3.43. The van der Waals surface area contributed by atoms with Crippen molar-refractivity contribution in [2.45, 2.75) is 18.3 Å². The number of rotatable bonds is 8. The fraction of sp³-hybridized carbons (Fsp3) is 0.250. The van der Waals surface area contributed by atoms with Crippen molar-refractivity contribution >= 4 is 35.2 Å². The number of anilines is 1. The molecule has 0 saturated heterocycles. The standard InChI is InChI=1S/C16H19N5O4S/c1-18-13(23)7-21-12(8-22)6-19-16(21)26-9-14(24)20-11-4-2-10(3-5-11)15(17)25/h2-6,22H,7-9H2,1H3,(H2,17,25)(H,18,23)(H,20,24). The van der Waals surface area contributed by atoms with Crippen molar-refractivity contribution in [1.29, 1.82) is 0 Å². The average molecular weight is 377 g/mol. The van der Waals surface area contributed by atoms with Gasteiger partial charge in [0.2, 0.25) is 17.7 Å². The molecule has 5 N–H and O–H groups in total. The monoisotopic (exact) mass is 377 g/mol. The van der Waals surface area contributed by atoms with Crippen LogP contribution in [0.25, 0.3) is 0 Å². The number of primary amides is 1. The molecule has 0 atom stereocenters. The van der Waals surface area contributed by atoms with E-state index < -0.39 is 5.91 Å². The number of nitrogens with two attached hydrogens (primary N) is 1. The van der Waals surface area contributed by atoms with Crippen molar-refractivity contribution in [3.8, 4) is 0 Å². The van der Waals surface area contributed by atoms with E-state index in [1.807, 2.05) is 0 Å². The predicted molar refractivity (Wildman–Crippen MR) is 96.5 cm³/mol. The zero-order valence-electron chi connectivity index (χ0n) is 14.1. The molecule has 0 aliphatic rings. The third-order valence-corrected chi connectivity index (χ3v) is 4.42. The minimum Gasteiger partial charge on any atom is -0.390 e. The highest BCUT2D eigenvalue weighted by Crippen LogP contribution is 2.19. The first-order valence-corrected chi connectivity index (χ1v) is 8.61. The fourth-order valence-electron chi connectivity index (χ4n) is 2.07. The number of carbonyl (C=O) groups excluding carboxylic acids is 3. The number of aromatic nitrogens is 2. The average Bonchev–Trinajstić information content (AvgIpc) is 3.01. The maximum Gasteiger partial charge on any atom is 0.248 e. The summed E-state index contributed by atoms with van der Waals surface area (Å²) in [4.78, 5) is 38.8. The SMILES string of the molecule is CNC(=O)Cn1c(CO)cnc1SCC(=O)Nc1ccc(C(N)=O)cc1. The molecule has 2 aromatic rings. The van der Waals surface area contributed by atoms with Crippen LogP contribution in [0.1, 0.15) is 16.1 Å². The lowest BCUT2D eigenvalue weighted by molar-refractivity contribution is -0.121. The molecule has 26 heavy (non-hydrogen) atoms. The normalized spacial score (nSPS) is 10.4. The zero-order valence-corrected chi connectivity index (χ0v) is 14.9. The van der Waals surface area contributed by atoms with Crippen LogP contribution in [-0.2, 0) is 22.7 Å². The molecule has 3 amide bonds. The molecule has 138 valence electrons. The van der Waals surface area contributed by atoms with E-state index in [2.05, 4.69) is 15.6 Å². The van der Waals surface area contributed by atoms with Crippen LogP contribution in [0.4, 0.5) is 5.69 Å². The van der Waals surface area contributed by atoms with Gasteiger partial charge in [-0.1, -0.05) is 11.8 Å². The Morgan fingerprint density at radius 1 is 1.23 bits per heavy atom. The Kier molecular flexibility index (Phi) is 6.75. The Labute approximate surface area is 154 Å². The van der Waals surface area contributed by atoms with Gasteiger partial charge in [-0.05, 0) is 24.3 Å². The summed E-state index contributed by atoms with van der Waals surface area (Å²) >= 11 is 1.15. The first kappa shape index (κ1) is 19.5. The maximum atomic E-state index is 12.1. The molecule has 0 aliphatic heterocycles. The Bertz CT molecular complexity index is 803. The number of thioether (sulfide) groups is 1. The van der Waals surface area contributed by atoms with Gasteiger partial charge in [-0.25, -0.2) is 4.98 Å². The molecule has 0 aliphatic carbocycles. The number of aliphatic hydroxyl groups excluding tert-OH is 1. The summed E-state index contributed by atoms with van der Waals surface area (Å²) in [6, 6.07) is 6.21. The van der Waals surface area contributed by atoms with Crippen LogP contribution in [0.2, 0.25) is 0 Å². The lowest BCUT2D eigenvalue weighted by atomic mass is 10.2. The van der Waals surface area contributed by atoms with Crippen LogP contribution in [-0.4, -0.2) is 45.2 Å². The molecule has 2 rings (SSSR count). The molecule has 0 unspecified atom stereocenters. The molecule has 10 heteroatoms. The molecule has 1 heterocycles. The Morgan fingerprint density at radius 2 is 1.92 bits per heavy atom. The predicted octanol–water partition coefficient (Wildman–Crippen LogP) is -0.0489. The van der Waals surface area contributed by atoms with Crippen LogP contribution < -0.4 is 16.4 Å². The molecule has 1 aromatic carbocycles. The summed E-state index contributed by atoms with van der Waals surface area (Å²) in [5, 5.41) is 15.0. The summed E-state index contributed by atoms with van der Waals surface area (Å²) in [6.07, 6.45) is 1.46. The molecular weight excluding hydrogens is 358 g/mol. The van der Waals surface area contributed by atoms with Gasteiger partial charge in [-0.3, -0.25) is 14.4 Å². The van der Waals surface area contributed by atoms with Crippen molar-refractivity contribution in [3.63, 3.8) is 0 Å². The molecule has 0 spiro atoms. The summed E-state index contributed by atoms with van der Waals surface area (Å²) in [6.45, 7) is -0.256. The highest BCUT2D eigenvalue weighted by molar-refractivity contribution is 7.99. The van der Waals surface area contributed by atoms with Crippen molar-refractivity contribution in [3.05, 3.63) is 41.7 Å². The quantitative estimate of drug-likeness (QED) is 0.476. The van der Waals surface area contributed by atoms with E-state index in [9.17, 15) is 19.5 Å². The number of aliphatic hydroxyl groups is 1. The van der Waals surface area contributed by atoms with Gasteiger partial charge in [0, 0.05) is 18.3 Å². The van der Waals surface area contributed by atoms with Gasteiger partial charge in [0.25, 0.3) is 0 Å². The van der Waals surface area contributed by atoms with Crippen LogP contribution in [0.5, 0.6) is 0 Å². The lowest BCUT2D eigenvalue weighted by Gasteiger charge is -2.10. The van der Waals surface area contributed by atoms with E-state index in [4.69, 9.17) is 5.73 Å². The zero-order chi connectivity index (χ0) is 19.1. The smallest absolute Gasteiger partial charge is 0.248 e. The van der Waals surface area contributed by atoms with Gasteiger partial charge in [-0.15, -0.1) is 0 Å². The number of imidazole rings is 1. The minimum absolute atomic E-state index is 0.00489. The van der Waals surface area contributed by atoms with Crippen molar-refractivity contribution < 1.29 is 19.5 Å². The number of nitrogens with one attached hydrogen (secondary N) is 2. The molecule has 0 radical (unpaired) electrons. The molecule has 0 saturated carbocycles. The number of hydrogen-bond acceptors (Lipinski definition) is 6. The summed E-state index contributed by atoms with van der Waals surface area (Å²) in [5.41, 5.74) is 6.53. The number of amides is 3. The Balaban J connectivity index is 1.97. The largest absolute Gasteiger partial charge is 0.390 e. The van der Waals surface area contributed by atoms with Gasteiger partial charge < -0.3 is 26.0 Å². The van der Waals surface area contributed by atoms with Gasteiger partial charge in [-0.2, -0.15) is 0 Å². The van der Waals surface area contributed by atoms with Crippen LogP contribution >= 0.6 is 11.8 Å². The number of benzene rings is 1. The number of carbonyl (C=O) groups is 3. The summed E-state index contributed by atoms with van der Waals surface area (Å²) < 4.78 is 1.55. The van der Waals surface area contributed by atoms with Gasteiger partial charge in [0.05, 0.1) is 24.3 Å². The fourth-order valence-corrected chi connectivity index (χ4v) is 2.87. The summed E-state index contributed by atoms with van der Waals surface area (Å²) in [7, 11) is 1.52. The van der Waals surface area contributed by atoms with Crippen LogP contribution in [0.15, 0.2) is 35.6 Å². The van der Waals surface area contributed by atoms with Gasteiger partial charge in [0.15, 0.2) is 5.16 Å². The Morgan fingerprint density at radius 3 is 2.50 bits per heavy atom. The summed E-state index contributed by atoms with van der Waals surface area (Å²) in [5.74, 6) is -0.991. The van der Waals surface area contributed by atoms with Crippen molar-refractivity contribution in [2.24, 2.45) is 5.73 Å². The third kappa shape index (κ3) is 5.07. The van der Waals surface area contributed by atoms with E-state index in [1.165, 1.54) is 25.4 Å². The molecule has 9 nitrogen and oxygen atoms in total. The Hall–Kier alpha value is -2.85. The van der Waals surface area contributed by atoms with Crippen molar-refractivity contribution in [2.75, 3.05) is 18.1 Å². The van der Waals surface area contributed by atoms with E-state index in [-0.39, 0.29) is 30.7 Å². The lowest BCUT2D eigenvalue weighted by Crippen LogP contribution is -2.25. The second-order valence-electron chi connectivity index (χ2n) is 5.23. The highest BCUT2D eigenvalue weighted by Gasteiger charge is 2.14. The molecule has 0 fully saturated rings. The molecular formula is C16H19N5O4S. The van der Waals surface area contributed by atoms with E-state index in [0.717, 1.165) is 11.8 Å². The van der Waals surface area contributed by atoms with E-state index in [0.29, 0.717) is 22.1 Å². The first-order chi connectivity index (χ1) is 12.4. The van der Waals surface area contributed by atoms with Crippen LogP contribution in [0.3, 0.4) is 0 Å². The maximum absolute atomic E-state index is 12.1. The minimum atomic E-state index is -0.541. The first-order valence-electron chi connectivity index (χ1n) is 7.63. The number of nitrogens with zero attached hydrogens (tertiary/aromatic N) is 2. The molecule has 0 bridgehead atoms. The number of hydrogen-bond donors (Lipinski definition) is 4. The highest BCUT2D eigenvalue weighted by atomic mass is 32.2. The number of likely N-dealkylation sites (N-methyl/N-ethyl adjacent to an activating group) is 1. The van der Waals surface area contributed by atoms with Gasteiger partial charge in [0.1, 0.15) is 6.54 Å². The second-order valence-corrected chi connectivity index (χ2v) is 6.17. The second kappa shape index (κ2) is 9.02.